The summed E-state index contributed by atoms with van der Waals surface area (Å²) in [6, 6.07) is 0. The molecule has 0 aliphatic heterocycles. The van der Waals surface area contributed by atoms with Gasteiger partial charge in [-0.1, -0.05) is 25.5 Å². The lowest BCUT2D eigenvalue weighted by molar-refractivity contribution is -0.136. The highest BCUT2D eigenvalue weighted by atomic mass is 16.1. The second-order valence-electron chi connectivity index (χ2n) is 8.43. The minimum absolute atomic E-state index is 0.127. The van der Waals surface area contributed by atoms with Crippen LogP contribution in [0.2, 0.25) is 0 Å². The Kier molecular flexibility index (Phi) is 3.05. The van der Waals surface area contributed by atoms with Crippen molar-refractivity contribution in [2.45, 2.75) is 58.8 Å². The van der Waals surface area contributed by atoms with Crippen LogP contribution >= 0.6 is 0 Å². The van der Waals surface area contributed by atoms with Gasteiger partial charge in [-0.25, -0.2) is 0 Å². The highest BCUT2D eigenvalue weighted by Crippen LogP contribution is 2.62. The van der Waals surface area contributed by atoms with Gasteiger partial charge in [0.05, 0.1) is 0 Å². The van der Waals surface area contributed by atoms with Gasteiger partial charge in [-0.3, -0.25) is 9.59 Å². The van der Waals surface area contributed by atoms with Gasteiger partial charge in [0.15, 0.2) is 11.6 Å². The first kappa shape index (κ1) is 14.4. The number of hydrogen-bond acceptors (Lipinski definition) is 2. The molecule has 2 heteroatoms. The highest BCUT2D eigenvalue weighted by molar-refractivity contribution is 5.95. The van der Waals surface area contributed by atoms with Gasteiger partial charge in [-0.15, -0.1) is 0 Å². The van der Waals surface area contributed by atoms with Crippen LogP contribution in [0.15, 0.2) is 23.8 Å². The normalized spacial score (nSPS) is 47.4. The van der Waals surface area contributed by atoms with E-state index in [0.717, 1.165) is 32.1 Å². The lowest BCUT2D eigenvalue weighted by atomic mass is 9.45. The molecule has 5 atom stereocenters. The van der Waals surface area contributed by atoms with E-state index in [1.165, 1.54) is 12.0 Å². The molecule has 0 radical (unpaired) electrons. The quantitative estimate of drug-likeness (QED) is 0.670. The molecule has 0 aromatic rings. The van der Waals surface area contributed by atoms with E-state index >= 15 is 0 Å². The number of rotatable bonds is 0. The van der Waals surface area contributed by atoms with Gasteiger partial charge in [0.2, 0.25) is 0 Å². The summed E-state index contributed by atoms with van der Waals surface area (Å²) >= 11 is 0. The summed E-state index contributed by atoms with van der Waals surface area (Å²) in [5.74, 6) is 2.51. The molecule has 0 spiro atoms. The van der Waals surface area contributed by atoms with Crippen LogP contribution in [0.25, 0.3) is 0 Å². The van der Waals surface area contributed by atoms with E-state index in [1.54, 1.807) is 0 Å². The van der Waals surface area contributed by atoms with Crippen LogP contribution in [0.4, 0.5) is 0 Å². The Morgan fingerprint density at radius 2 is 1.82 bits per heavy atom. The number of allylic oxidation sites excluding steroid dienone is 4. The van der Waals surface area contributed by atoms with E-state index in [2.05, 4.69) is 19.9 Å². The minimum Gasteiger partial charge on any atom is -0.295 e. The molecule has 0 aromatic heterocycles. The Balaban J connectivity index is 1.71. The van der Waals surface area contributed by atoms with E-state index in [9.17, 15) is 9.59 Å². The summed E-state index contributed by atoms with van der Waals surface area (Å²) in [4.78, 5) is 24.3. The highest BCUT2D eigenvalue weighted by Gasteiger charge is 2.56. The molecule has 118 valence electrons. The molecule has 0 amide bonds. The third kappa shape index (κ3) is 1.79. The maximum absolute atomic E-state index is 12.5. The lowest BCUT2D eigenvalue weighted by Gasteiger charge is -2.58. The number of carbonyl (C=O) groups is 2. The maximum atomic E-state index is 12.5. The largest absolute Gasteiger partial charge is 0.295 e. The molecule has 22 heavy (non-hydrogen) atoms. The molecule has 0 N–H and O–H groups in total. The van der Waals surface area contributed by atoms with Gasteiger partial charge in [-0.2, -0.15) is 0 Å². The number of hydrogen-bond donors (Lipinski definition) is 0. The standard InChI is InChI=1S/C20H26O2/c1-19-10-8-14(21)12-13(19)6-7-15-16-4-3-5-18(22)20(16,2)11-9-17(15)19/h3,5,12,15-17H,4,6-11H2,1-2H3/t15-,16+,17+,19-,20+/m1/s1. The van der Waals surface area contributed by atoms with Crippen molar-refractivity contribution in [3.8, 4) is 0 Å². The van der Waals surface area contributed by atoms with E-state index in [4.69, 9.17) is 0 Å². The van der Waals surface area contributed by atoms with Gasteiger partial charge < -0.3 is 0 Å². The smallest absolute Gasteiger partial charge is 0.161 e. The van der Waals surface area contributed by atoms with Crippen LogP contribution in [0.1, 0.15) is 58.8 Å². The Morgan fingerprint density at radius 1 is 1.00 bits per heavy atom. The number of fused-ring (bicyclic) bond motifs is 5. The van der Waals surface area contributed by atoms with Crippen molar-refractivity contribution in [2.75, 3.05) is 0 Å². The van der Waals surface area contributed by atoms with Crippen molar-refractivity contribution in [1.29, 1.82) is 0 Å². The van der Waals surface area contributed by atoms with E-state index < -0.39 is 0 Å². The summed E-state index contributed by atoms with van der Waals surface area (Å²) in [5.41, 5.74) is 1.49. The van der Waals surface area contributed by atoms with E-state index in [1.807, 2.05) is 12.2 Å². The average Bonchev–Trinajstić information content (AvgIpc) is 2.49. The molecule has 0 aromatic carbocycles. The van der Waals surface area contributed by atoms with Gasteiger partial charge in [0.25, 0.3) is 0 Å². The maximum Gasteiger partial charge on any atom is 0.161 e. The first-order chi connectivity index (χ1) is 10.4. The van der Waals surface area contributed by atoms with Gasteiger partial charge in [-0.05, 0) is 73.8 Å². The molecular weight excluding hydrogens is 272 g/mol. The molecule has 0 saturated heterocycles. The third-order valence-electron chi connectivity index (χ3n) is 7.57. The van der Waals surface area contributed by atoms with Crippen molar-refractivity contribution < 1.29 is 9.59 Å². The van der Waals surface area contributed by atoms with E-state index in [0.29, 0.717) is 35.7 Å². The molecule has 4 rings (SSSR count). The fourth-order valence-corrected chi connectivity index (χ4v) is 6.13. The number of ketones is 2. The summed E-state index contributed by atoms with van der Waals surface area (Å²) in [6.07, 6.45) is 13.1. The Hall–Kier alpha value is -1.18. The third-order valence-corrected chi connectivity index (χ3v) is 7.57. The summed E-state index contributed by atoms with van der Waals surface area (Å²) in [6.45, 7) is 4.60. The lowest BCUT2D eigenvalue weighted by Crippen LogP contribution is -2.53. The fourth-order valence-electron chi connectivity index (χ4n) is 6.13. The molecular formula is C20H26O2. The van der Waals surface area contributed by atoms with Crippen molar-refractivity contribution in [3.63, 3.8) is 0 Å². The van der Waals surface area contributed by atoms with Gasteiger partial charge >= 0.3 is 0 Å². The van der Waals surface area contributed by atoms with Crippen molar-refractivity contribution in [2.24, 2.45) is 28.6 Å². The van der Waals surface area contributed by atoms with Crippen LogP contribution in [-0.4, -0.2) is 11.6 Å². The molecule has 0 bridgehead atoms. The van der Waals surface area contributed by atoms with Crippen LogP contribution in [0.3, 0.4) is 0 Å². The molecule has 0 unspecified atom stereocenters. The first-order valence-electron chi connectivity index (χ1n) is 8.90. The van der Waals surface area contributed by atoms with Crippen LogP contribution < -0.4 is 0 Å². The molecule has 4 aliphatic rings. The fraction of sp³-hybridized carbons (Fsp3) is 0.700. The predicted molar refractivity (Wildman–Crippen MR) is 86.2 cm³/mol. The zero-order chi connectivity index (χ0) is 15.5. The molecule has 2 fully saturated rings. The second kappa shape index (κ2) is 4.66. The van der Waals surface area contributed by atoms with Gasteiger partial charge in [0.1, 0.15) is 0 Å². The van der Waals surface area contributed by atoms with E-state index in [-0.39, 0.29) is 10.8 Å². The van der Waals surface area contributed by atoms with Crippen LogP contribution in [0, 0.1) is 28.6 Å². The average molecular weight is 298 g/mol. The van der Waals surface area contributed by atoms with Crippen molar-refractivity contribution in [1.82, 2.24) is 0 Å². The zero-order valence-electron chi connectivity index (χ0n) is 13.7. The van der Waals surface area contributed by atoms with Crippen molar-refractivity contribution in [3.05, 3.63) is 23.8 Å². The van der Waals surface area contributed by atoms with Crippen LogP contribution in [-0.2, 0) is 9.59 Å². The molecule has 0 heterocycles. The Bertz CT molecular complexity index is 599. The van der Waals surface area contributed by atoms with Crippen LogP contribution in [0.5, 0.6) is 0 Å². The SMILES string of the molecule is C[C@]12CC[C@H]3[C@H](CCC4=CC(=O)CC[C@]43C)[C@@H]1CC=CC2=O. The first-order valence-corrected chi connectivity index (χ1v) is 8.90. The Morgan fingerprint density at radius 3 is 2.64 bits per heavy atom. The second-order valence-corrected chi connectivity index (χ2v) is 8.43. The van der Waals surface area contributed by atoms with Crippen molar-refractivity contribution >= 4 is 11.6 Å². The predicted octanol–water partition coefficient (Wildman–Crippen LogP) is 4.25. The molecule has 2 saturated carbocycles. The molecule has 2 nitrogen and oxygen atoms in total. The Labute approximate surface area is 133 Å². The topological polar surface area (TPSA) is 34.1 Å². The molecule has 4 aliphatic carbocycles. The summed E-state index contributed by atoms with van der Waals surface area (Å²) in [5, 5.41) is 0. The minimum atomic E-state index is -0.127. The monoisotopic (exact) mass is 298 g/mol. The summed E-state index contributed by atoms with van der Waals surface area (Å²) < 4.78 is 0. The van der Waals surface area contributed by atoms with Gasteiger partial charge in [0, 0.05) is 11.8 Å². The zero-order valence-corrected chi connectivity index (χ0v) is 13.7. The summed E-state index contributed by atoms with van der Waals surface area (Å²) in [7, 11) is 0. The number of carbonyl (C=O) groups excluding carboxylic acids is 2.